The Bertz CT molecular complexity index is 2450. The normalized spacial score (nSPS) is 24.3. The number of aliphatic hydroxyl groups excluding tert-OH is 5. The molecule has 8 atom stereocenters. The van der Waals surface area contributed by atoms with E-state index in [1.54, 1.807) is 18.0 Å². The molecule has 2 aliphatic rings. The van der Waals surface area contributed by atoms with Gasteiger partial charge in [-0.15, -0.1) is 0 Å². The Labute approximate surface area is 337 Å². The lowest BCUT2D eigenvalue weighted by molar-refractivity contribution is -0.0511. The molecule has 3 aromatic carbocycles. The minimum Gasteiger partial charge on any atom is -0.497 e. The van der Waals surface area contributed by atoms with E-state index in [1.165, 1.54) is 23.5 Å². The van der Waals surface area contributed by atoms with Crippen molar-refractivity contribution >= 4 is 34.0 Å². The van der Waals surface area contributed by atoms with Gasteiger partial charge in [0.1, 0.15) is 60.0 Å². The van der Waals surface area contributed by atoms with Gasteiger partial charge in [-0.25, -0.2) is 29.9 Å². The number of nitrogens with one attached hydrogen (secondary N) is 1. The number of rotatable bonds is 10. The molecule has 4 aromatic heterocycles. The Morgan fingerprint density at radius 2 is 1.17 bits per heavy atom. The maximum atomic E-state index is 10.7. The van der Waals surface area contributed by atoms with Crippen molar-refractivity contribution < 1.29 is 39.7 Å². The number of hydrogen-bond acceptors (Lipinski definition) is 16. The molecule has 6 heterocycles. The van der Waals surface area contributed by atoms with E-state index in [2.05, 4.69) is 59.5 Å². The number of fused-ring (bicyclic) bond motifs is 2. The third kappa shape index (κ3) is 7.10. The highest BCUT2D eigenvalue weighted by atomic mass is 16.6. The second-order valence-corrected chi connectivity index (χ2v) is 14.1. The molecular formula is C41H44N10O8. The summed E-state index contributed by atoms with van der Waals surface area (Å²) in [6.07, 6.45) is -1.21. The Kier molecular flexibility index (Phi) is 11.2. The predicted molar refractivity (Wildman–Crippen MR) is 214 cm³/mol. The lowest BCUT2D eigenvalue weighted by atomic mass is 9.77. The van der Waals surface area contributed by atoms with Gasteiger partial charge in [-0.3, -0.25) is 9.13 Å². The van der Waals surface area contributed by atoms with Gasteiger partial charge in [0.2, 0.25) is 0 Å². The summed E-state index contributed by atoms with van der Waals surface area (Å²) in [4.78, 5) is 25.7. The first-order valence-electron chi connectivity index (χ1n) is 19.0. The zero-order chi connectivity index (χ0) is 41.3. The molecule has 0 amide bonds. The number of anilines is 2. The van der Waals surface area contributed by atoms with Crippen LogP contribution in [0, 0.1) is 0 Å². The number of aromatic nitrogens is 8. The van der Waals surface area contributed by atoms with Gasteiger partial charge < -0.3 is 50.8 Å². The monoisotopic (exact) mass is 804 g/mol. The van der Waals surface area contributed by atoms with Gasteiger partial charge in [-0.05, 0) is 35.2 Å². The molecule has 8 N–H and O–H groups in total. The maximum Gasteiger partial charge on any atom is 0.167 e. The number of nitrogens with two attached hydrogens (primary N) is 1. The van der Waals surface area contributed by atoms with E-state index >= 15 is 0 Å². The lowest BCUT2D eigenvalue weighted by Crippen LogP contribution is -2.38. The number of benzene rings is 3. The molecule has 7 aromatic rings. The van der Waals surface area contributed by atoms with Crippen LogP contribution in [-0.4, -0.2) is 115 Å². The zero-order valence-electron chi connectivity index (χ0n) is 32.0. The number of ether oxygens (including phenoxy) is 3. The van der Waals surface area contributed by atoms with E-state index in [1.807, 2.05) is 67.6 Å². The van der Waals surface area contributed by atoms with Gasteiger partial charge in [0.15, 0.2) is 40.9 Å². The number of imidazole rings is 2. The van der Waals surface area contributed by atoms with Crippen molar-refractivity contribution in [3.8, 4) is 5.75 Å². The number of aliphatic hydroxyl groups is 5. The molecule has 0 spiro atoms. The second kappa shape index (κ2) is 16.6. The molecule has 0 saturated carbocycles. The quantitative estimate of drug-likeness (QED) is 0.0980. The van der Waals surface area contributed by atoms with Crippen LogP contribution in [0.25, 0.3) is 22.3 Å². The van der Waals surface area contributed by atoms with Gasteiger partial charge in [0.05, 0.1) is 32.5 Å². The summed E-state index contributed by atoms with van der Waals surface area (Å²) in [6, 6.07) is 28.3. The summed E-state index contributed by atoms with van der Waals surface area (Å²) >= 11 is 0. The van der Waals surface area contributed by atoms with E-state index in [-0.39, 0.29) is 5.82 Å². The Hall–Kier alpha value is -6.12. The minimum absolute atomic E-state index is 0.218. The van der Waals surface area contributed by atoms with Crippen LogP contribution in [0.15, 0.2) is 110 Å². The summed E-state index contributed by atoms with van der Waals surface area (Å²) in [5, 5.41) is 53.7. The SMILES string of the molecule is CC[C@H]1O[C@@H](n2cnc3c(NC(c4ccccc4)(c4ccccc4)c4ccc(OC)cc4)ncnc32)C(O)C1O.Nc1ncnc2c1ncn2[C@@H]1O[C@H](CO)C(O)C1O. The molecule has 18 heteroatoms. The number of nitrogen functional groups attached to an aromatic ring is 1. The van der Waals surface area contributed by atoms with Gasteiger partial charge >= 0.3 is 0 Å². The number of methoxy groups -OCH3 is 1. The third-order valence-corrected chi connectivity index (χ3v) is 10.8. The molecule has 59 heavy (non-hydrogen) atoms. The smallest absolute Gasteiger partial charge is 0.167 e. The summed E-state index contributed by atoms with van der Waals surface area (Å²) in [5.74, 6) is 1.48. The van der Waals surface area contributed by atoms with Gasteiger partial charge in [0.25, 0.3) is 0 Å². The van der Waals surface area contributed by atoms with Crippen LogP contribution in [-0.2, 0) is 15.0 Å². The summed E-state index contributed by atoms with van der Waals surface area (Å²) < 4.78 is 20.0. The number of nitrogens with zero attached hydrogens (tertiary/aromatic N) is 8. The largest absolute Gasteiger partial charge is 0.497 e. The molecule has 4 unspecified atom stereocenters. The van der Waals surface area contributed by atoms with Gasteiger partial charge in [-0.1, -0.05) is 79.7 Å². The van der Waals surface area contributed by atoms with E-state index in [9.17, 15) is 20.4 Å². The van der Waals surface area contributed by atoms with Crippen molar-refractivity contribution in [2.75, 3.05) is 24.8 Å². The Morgan fingerprint density at radius 3 is 1.69 bits per heavy atom. The minimum atomic E-state index is -1.19. The Morgan fingerprint density at radius 1 is 0.661 bits per heavy atom. The van der Waals surface area contributed by atoms with Crippen molar-refractivity contribution in [2.45, 2.75) is 68.0 Å². The third-order valence-electron chi connectivity index (χ3n) is 10.8. The van der Waals surface area contributed by atoms with Crippen molar-refractivity contribution in [1.29, 1.82) is 0 Å². The predicted octanol–water partition coefficient (Wildman–Crippen LogP) is 2.29. The first-order chi connectivity index (χ1) is 28.7. The molecular weight excluding hydrogens is 761 g/mol. The molecule has 18 nitrogen and oxygen atoms in total. The van der Waals surface area contributed by atoms with Crippen LogP contribution in [0.3, 0.4) is 0 Å². The first kappa shape index (κ1) is 39.7. The first-order valence-corrected chi connectivity index (χ1v) is 19.0. The highest BCUT2D eigenvalue weighted by Gasteiger charge is 2.45. The van der Waals surface area contributed by atoms with Crippen molar-refractivity contribution in [3.63, 3.8) is 0 Å². The average Bonchev–Trinajstić information content (AvgIpc) is 4.05. The lowest BCUT2D eigenvalue weighted by Gasteiger charge is -2.37. The maximum absolute atomic E-state index is 10.7. The van der Waals surface area contributed by atoms with Crippen molar-refractivity contribution in [1.82, 2.24) is 39.0 Å². The fraction of sp³-hybridized carbons (Fsp3) is 0.317. The molecule has 306 valence electrons. The molecule has 2 saturated heterocycles. The van der Waals surface area contributed by atoms with Crippen LogP contribution in [0.2, 0.25) is 0 Å². The molecule has 0 radical (unpaired) electrons. The summed E-state index contributed by atoms with van der Waals surface area (Å²) in [6.45, 7) is 1.52. The van der Waals surface area contributed by atoms with E-state index in [0.717, 1.165) is 22.4 Å². The standard InChI is InChI=1S/C31H31N5O4.C10H13N5O4/c1-3-24-26(37)27(38)30(40-24)36-19-34-25-28(32-18-33-29(25)36)35-31(20-10-6-4-7-11-20,21-12-8-5-9-13-21)22-14-16-23(39-2)17-15-22;11-8-5-9(13-2-12-8)15(3-14-5)10-7(18)6(17)4(1-16)19-10/h4-19,24,26-27,30,37-38H,3H2,1-2H3,(H,32,33,35);2-4,6-7,10,16-18H,1H2,(H2,11,12,13)/t24-,26?,27?,30-;4-,6?,7?,10-/m11/s1. The van der Waals surface area contributed by atoms with Gasteiger partial charge in [0, 0.05) is 0 Å². The van der Waals surface area contributed by atoms with Gasteiger partial charge in [-0.2, -0.15) is 0 Å². The van der Waals surface area contributed by atoms with Crippen LogP contribution in [0.1, 0.15) is 42.5 Å². The highest BCUT2D eigenvalue weighted by molar-refractivity contribution is 5.84. The fourth-order valence-electron chi connectivity index (χ4n) is 7.70. The van der Waals surface area contributed by atoms with Crippen LogP contribution < -0.4 is 15.8 Å². The molecule has 2 fully saturated rings. The molecule has 0 bridgehead atoms. The van der Waals surface area contributed by atoms with E-state index < -0.39 is 61.2 Å². The fourth-order valence-corrected chi connectivity index (χ4v) is 7.70. The summed E-state index contributed by atoms with van der Waals surface area (Å²) in [7, 11) is 1.65. The summed E-state index contributed by atoms with van der Waals surface area (Å²) in [5.41, 5.74) is 9.56. The zero-order valence-corrected chi connectivity index (χ0v) is 32.0. The van der Waals surface area contributed by atoms with Crippen molar-refractivity contribution in [2.24, 2.45) is 0 Å². The van der Waals surface area contributed by atoms with Crippen molar-refractivity contribution in [3.05, 3.63) is 127 Å². The Balaban J connectivity index is 0.000000212. The number of hydrogen-bond donors (Lipinski definition) is 7. The topological polar surface area (TPSA) is 254 Å². The molecule has 2 aliphatic heterocycles. The molecule has 0 aliphatic carbocycles. The highest BCUT2D eigenvalue weighted by Crippen LogP contribution is 2.42. The average molecular weight is 805 g/mol. The van der Waals surface area contributed by atoms with E-state index in [4.69, 9.17) is 25.1 Å². The van der Waals surface area contributed by atoms with Crippen LogP contribution in [0.4, 0.5) is 11.6 Å². The van der Waals surface area contributed by atoms with Crippen LogP contribution in [0.5, 0.6) is 5.75 Å². The van der Waals surface area contributed by atoms with E-state index in [0.29, 0.717) is 34.6 Å². The second-order valence-electron chi connectivity index (χ2n) is 14.1. The van der Waals surface area contributed by atoms with Crippen LogP contribution >= 0.6 is 0 Å². The molecule has 9 rings (SSSR count).